The number of aliphatic hydroxyl groups excluding tert-OH is 3. The van der Waals surface area contributed by atoms with Gasteiger partial charge in [0.15, 0.2) is 0 Å². The molecular weight excluding hydrogens is 500 g/mol. The molecule has 0 unspecified atom stereocenters. The maximum atomic E-state index is 10.7. The smallest absolute Gasteiger partial charge is 0.225 e. The predicted octanol–water partition coefficient (Wildman–Crippen LogP) is 3.25. The van der Waals surface area contributed by atoms with E-state index in [1.165, 1.54) is 5.56 Å². The van der Waals surface area contributed by atoms with Crippen molar-refractivity contribution in [2.24, 2.45) is 5.92 Å². The number of aryl methyl sites for hydroxylation is 1. The lowest BCUT2D eigenvalue weighted by molar-refractivity contribution is 0.00446. The van der Waals surface area contributed by atoms with Gasteiger partial charge in [-0.25, -0.2) is 9.97 Å². The van der Waals surface area contributed by atoms with Crippen molar-refractivity contribution in [1.82, 2.24) is 19.9 Å². The van der Waals surface area contributed by atoms with Crippen LogP contribution in [0.25, 0.3) is 20.8 Å². The van der Waals surface area contributed by atoms with Crippen LogP contribution in [0, 0.1) is 12.8 Å². The normalized spacial score (nSPS) is 21.3. The summed E-state index contributed by atoms with van der Waals surface area (Å²) in [6, 6.07) is 15.9. The molecule has 4 atom stereocenters. The van der Waals surface area contributed by atoms with E-state index in [4.69, 9.17) is 15.0 Å². The Morgan fingerprint density at radius 3 is 2.53 bits per heavy atom. The van der Waals surface area contributed by atoms with Gasteiger partial charge in [-0.05, 0) is 50.7 Å². The lowest BCUT2D eigenvalue weighted by atomic mass is 10.1. The van der Waals surface area contributed by atoms with Gasteiger partial charge in [-0.15, -0.1) is 11.3 Å². The maximum absolute atomic E-state index is 10.7. The van der Waals surface area contributed by atoms with Gasteiger partial charge in [0.25, 0.3) is 0 Å². The van der Waals surface area contributed by atoms with E-state index in [0.29, 0.717) is 24.7 Å². The number of benzene rings is 2. The highest BCUT2D eigenvalue weighted by molar-refractivity contribution is 7.21. The fraction of sp³-hybridized carbons (Fsp3) is 0.393. The first-order chi connectivity index (χ1) is 18.3. The minimum absolute atomic E-state index is 0.191. The van der Waals surface area contributed by atoms with E-state index >= 15 is 0 Å². The molecule has 4 aromatic rings. The number of hydrogen-bond donors (Lipinski definition) is 5. The highest BCUT2D eigenvalue weighted by Crippen LogP contribution is 2.38. The van der Waals surface area contributed by atoms with Crippen molar-refractivity contribution in [3.63, 3.8) is 0 Å². The zero-order valence-corrected chi connectivity index (χ0v) is 22.6. The topological polar surface area (TPSA) is 127 Å². The second-order valence-corrected chi connectivity index (χ2v) is 11.2. The highest BCUT2D eigenvalue weighted by atomic mass is 32.1. The number of aromatic nitrogens is 3. The zero-order chi connectivity index (χ0) is 26.8. The molecule has 2 aromatic carbocycles. The molecule has 1 saturated carbocycles. The van der Waals surface area contributed by atoms with Crippen LogP contribution in [-0.4, -0.2) is 74.1 Å². The third kappa shape index (κ3) is 5.64. The van der Waals surface area contributed by atoms with Crippen LogP contribution in [0.3, 0.4) is 0 Å². The van der Waals surface area contributed by atoms with Crippen LogP contribution in [0.5, 0.6) is 0 Å². The number of nitrogens with zero attached hydrogens (tertiary/aromatic N) is 4. The Balaban J connectivity index is 1.46. The van der Waals surface area contributed by atoms with Crippen molar-refractivity contribution >= 4 is 33.3 Å². The molecule has 1 aliphatic carbocycles. The molecule has 0 saturated heterocycles. The Bertz CT molecular complexity index is 1380. The highest BCUT2D eigenvalue weighted by Gasteiger charge is 2.41. The fourth-order valence-corrected chi connectivity index (χ4v) is 6.06. The predicted molar refractivity (Wildman–Crippen MR) is 151 cm³/mol. The zero-order valence-electron chi connectivity index (χ0n) is 21.8. The Morgan fingerprint density at radius 1 is 1.00 bits per heavy atom. The summed E-state index contributed by atoms with van der Waals surface area (Å²) in [7, 11) is 4.10. The van der Waals surface area contributed by atoms with E-state index < -0.39 is 24.2 Å². The first-order valence-corrected chi connectivity index (χ1v) is 13.6. The number of aliphatic hydroxyl groups is 3. The summed E-state index contributed by atoms with van der Waals surface area (Å²) in [4.78, 5) is 16.5. The Hall–Kier alpha value is -3.15. The van der Waals surface area contributed by atoms with E-state index in [1.54, 1.807) is 11.3 Å². The van der Waals surface area contributed by atoms with Crippen molar-refractivity contribution in [3.05, 3.63) is 65.4 Å². The summed E-state index contributed by atoms with van der Waals surface area (Å²) in [5.41, 5.74) is 4.76. The third-order valence-electron chi connectivity index (χ3n) is 6.90. The molecule has 5 rings (SSSR count). The van der Waals surface area contributed by atoms with Crippen molar-refractivity contribution in [1.29, 1.82) is 0 Å². The van der Waals surface area contributed by atoms with Crippen LogP contribution < -0.4 is 10.6 Å². The molecule has 0 amide bonds. The second kappa shape index (κ2) is 11.3. The van der Waals surface area contributed by atoms with E-state index in [-0.39, 0.29) is 6.61 Å². The van der Waals surface area contributed by atoms with Crippen LogP contribution in [0.4, 0.5) is 11.8 Å². The Labute approximate surface area is 226 Å². The largest absolute Gasteiger partial charge is 0.396 e. The van der Waals surface area contributed by atoms with Gasteiger partial charge in [0.2, 0.25) is 5.95 Å². The van der Waals surface area contributed by atoms with Gasteiger partial charge in [0, 0.05) is 25.6 Å². The van der Waals surface area contributed by atoms with Gasteiger partial charge >= 0.3 is 0 Å². The van der Waals surface area contributed by atoms with Gasteiger partial charge < -0.3 is 30.9 Å². The number of rotatable bonds is 9. The van der Waals surface area contributed by atoms with Gasteiger partial charge in [-0.1, -0.05) is 36.4 Å². The molecule has 0 aliphatic heterocycles. The number of anilines is 2. The van der Waals surface area contributed by atoms with Crippen LogP contribution in [0.2, 0.25) is 0 Å². The molecule has 0 spiro atoms. The van der Waals surface area contributed by atoms with Gasteiger partial charge in [-0.3, -0.25) is 0 Å². The number of nitrogens with one attached hydrogen (secondary N) is 2. The quantitative estimate of drug-likeness (QED) is 0.220. The third-order valence-corrected chi connectivity index (χ3v) is 7.95. The minimum atomic E-state index is -1.03. The summed E-state index contributed by atoms with van der Waals surface area (Å²) in [6.07, 6.45) is -1.61. The van der Waals surface area contributed by atoms with Gasteiger partial charge in [-0.2, -0.15) is 4.98 Å². The van der Waals surface area contributed by atoms with E-state index in [9.17, 15) is 15.3 Å². The Kier molecular flexibility index (Phi) is 7.87. The molecule has 5 N–H and O–H groups in total. The lowest BCUT2D eigenvalue weighted by Gasteiger charge is -2.21. The second-order valence-electron chi connectivity index (χ2n) is 10.2. The molecule has 2 heterocycles. The van der Waals surface area contributed by atoms with Crippen molar-refractivity contribution in [2.45, 2.75) is 44.7 Å². The molecule has 2 aromatic heterocycles. The molecule has 38 heavy (non-hydrogen) atoms. The standard InChI is InChI=1S/C28H34N6O3S/c1-16-23(27-32-20-9-4-5-10-22(20)38-27)26(31-21-12-19(15-35)24(36)25(21)37)33-28(30-16)29-13-17-7-6-8-18(11-17)14-34(2)3/h4-11,19,21,24-25,35-37H,12-15H2,1-3H3,(H2,29,30,31,33)/t19-,21-,24-,25+/m1/s1. The first kappa shape index (κ1) is 26.5. The van der Waals surface area contributed by atoms with Crippen molar-refractivity contribution in [3.8, 4) is 10.6 Å². The average molecular weight is 535 g/mol. The van der Waals surface area contributed by atoms with Crippen LogP contribution >= 0.6 is 11.3 Å². The molecule has 1 fully saturated rings. The SMILES string of the molecule is Cc1nc(NCc2cccc(CN(C)C)c2)nc(N[C@@H]2C[C@H](CO)[C@@H](O)[C@H]2O)c1-c1nc2ccccc2s1. The summed E-state index contributed by atoms with van der Waals surface area (Å²) >= 11 is 1.56. The summed E-state index contributed by atoms with van der Waals surface area (Å²) in [5, 5.41) is 38.2. The van der Waals surface area contributed by atoms with E-state index in [0.717, 1.165) is 38.6 Å². The summed E-state index contributed by atoms with van der Waals surface area (Å²) in [5.74, 6) is 0.596. The maximum Gasteiger partial charge on any atom is 0.225 e. The Morgan fingerprint density at radius 2 is 1.79 bits per heavy atom. The minimum Gasteiger partial charge on any atom is -0.396 e. The fourth-order valence-electron chi connectivity index (χ4n) is 5.00. The number of fused-ring (bicyclic) bond motifs is 1. The van der Waals surface area contributed by atoms with Gasteiger partial charge in [0.1, 0.15) is 16.9 Å². The number of thiazole rings is 1. The lowest BCUT2D eigenvalue weighted by Crippen LogP contribution is -2.35. The summed E-state index contributed by atoms with van der Waals surface area (Å²) in [6.45, 7) is 3.15. The molecule has 0 radical (unpaired) electrons. The number of hydrogen-bond acceptors (Lipinski definition) is 10. The first-order valence-electron chi connectivity index (χ1n) is 12.8. The van der Waals surface area contributed by atoms with E-state index in [1.807, 2.05) is 45.3 Å². The molecule has 0 bridgehead atoms. The average Bonchev–Trinajstić information content (AvgIpc) is 3.43. The monoisotopic (exact) mass is 534 g/mol. The summed E-state index contributed by atoms with van der Waals surface area (Å²) < 4.78 is 1.06. The molecule has 9 nitrogen and oxygen atoms in total. The van der Waals surface area contributed by atoms with Gasteiger partial charge in [0.05, 0.1) is 33.6 Å². The molecule has 10 heteroatoms. The van der Waals surface area contributed by atoms with Crippen molar-refractivity contribution < 1.29 is 15.3 Å². The molecule has 1 aliphatic rings. The van der Waals surface area contributed by atoms with Crippen molar-refractivity contribution in [2.75, 3.05) is 31.3 Å². The number of para-hydroxylation sites is 1. The van der Waals surface area contributed by atoms with E-state index in [2.05, 4.69) is 39.8 Å². The molecule has 200 valence electrons. The van der Waals surface area contributed by atoms with Crippen LogP contribution in [-0.2, 0) is 13.1 Å². The molecular formula is C28H34N6O3S. The van der Waals surface area contributed by atoms with Crippen LogP contribution in [0.1, 0.15) is 23.2 Å². The van der Waals surface area contributed by atoms with Crippen LogP contribution in [0.15, 0.2) is 48.5 Å².